The zero-order valence-electron chi connectivity index (χ0n) is 21.1. The van der Waals surface area contributed by atoms with Crippen LogP contribution in [0.15, 0.2) is 108 Å². The van der Waals surface area contributed by atoms with Crippen LogP contribution in [0.3, 0.4) is 0 Å². The molecule has 1 saturated carbocycles. The summed E-state index contributed by atoms with van der Waals surface area (Å²) in [6.07, 6.45) is 1.03. The third-order valence-corrected chi connectivity index (χ3v) is 7.86. The lowest BCUT2D eigenvalue weighted by Gasteiger charge is -2.39. The Hall–Kier alpha value is -4.02. The molecule has 1 amide bonds. The number of aryl methyl sites for hydroxylation is 1. The van der Waals surface area contributed by atoms with Crippen LogP contribution in [-0.4, -0.2) is 17.4 Å². The highest BCUT2D eigenvalue weighted by molar-refractivity contribution is 6.30. The quantitative estimate of drug-likeness (QED) is 0.277. The highest BCUT2D eigenvalue weighted by Crippen LogP contribution is 2.47. The number of rotatable bonds is 3. The molecular weight excluding hydrogens is 492 g/mol. The minimum atomic E-state index is -0.540. The Kier molecular flexibility index (Phi) is 6.42. The molecule has 0 radical (unpaired) electrons. The standard InChI is InChI=1S/C33H27ClN2O2/c1-21-11-13-23(14-12-21)32-31-28(19-25(20-30(31)37)22-15-17-26(34)18-16-22)35-27-9-5-6-10-29(27)36(32)33(38)24-7-3-2-4-8-24/h2-18,25,31-32H,19-20H2,1H3/t25-,31-,32-/m0/s1. The largest absolute Gasteiger partial charge is 0.299 e. The number of benzene rings is 4. The molecular formula is C33H27ClN2O2. The van der Waals surface area contributed by atoms with Crippen LogP contribution in [0.2, 0.25) is 5.02 Å². The van der Waals surface area contributed by atoms with Crippen molar-refractivity contribution in [3.8, 4) is 0 Å². The first-order valence-electron chi connectivity index (χ1n) is 12.9. The van der Waals surface area contributed by atoms with Gasteiger partial charge >= 0.3 is 0 Å². The van der Waals surface area contributed by atoms with Gasteiger partial charge in [-0.05, 0) is 66.8 Å². The van der Waals surface area contributed by atoms with E-state index in [0.717, 1.165) is 22.4 Å². The van der Waals surface area contributed by atoms with Gasteiger partial charge in [0.1, 0.15) is 5.78 Å². The van der Waals surface area contributed by atoms with Gasteiger partial charge in [0, 0.05) is 22.7 Å². The number of hydrogen-bond acceptors (Lipinski definition) is 3. The van der Waals surface area contributed by atoms with Crippen molar-refractivity contribution < 1.29 is 9.59 Å². The number of amides is 1. The maximum absolute atomic E-state index is 14.2. The summed E-state index contributed by atoms with van der Waals surface area (Å²) < 4.78 is 0. The third-order valence-electron chi connectivity index (χ3n) is 7.61. The number of fused-ring (bicyclic) bond motifs is 2. The molecule has 0 bridgehead atoms. The Morgan fingerprint density at radius 3 is 2.21 bits per heavy atom. The van der Waals surface area contributed by atoms with Crippen molar-refractivity contribution in [1.29, 1.82) is 0 Å². The van der Waals surface area contributed by atoms with E-state index in [-0.39, 0.29) is 17.6 Å². The molecule has 1 aliphatic heterocycles. The second-order valence-electron chi connectivity index (χ2n) is 10.1. The number of carbonyl (C=O) groups is 2. The molecule has 5 heteroatoms. The number of carbonyl (C=O) groups excluding carboxylic acids is 2. The molecule has 4 nitrogen and oxygen atoms in total. The van der Waals surface area contributed by atoms with Crippen LogP contribution in [-0.2, 0) is 4.79 Å². The van der Waals surface area contributed by atoms with E-state index in [4.69, 9.17) is 16.6 Å². The monoisotopic (exact) mass is 518 g/mol. The minimum absolute atomic E-state index is 0.0111. The van der Waals surface area contributed by atoms with Crippen molar-refractivity contribution in [1.82, 2.24) is 0 Å². The van der Waals surface area contributed by atoms with Gasteiger partial charge in [0.25, 0.3) is 5.91 Å². The average molecular weight is 519 g/mol. The number of nitrogens with zero attached hydrogens (tertiary/aromatic N) is 2. The average Bonchev–Trinajstić information content (AvgIpc) is 3.08. The van der Waals surface area contributed by atoms with Crippen LogP contribution < -0.4 is 4.90 Å². The van der Waals surface area contributed by atoms with Crippen molar-refractivity contribution in [3.05, 3.63) is 130 Å². The predicted octanol–water partition coefficient (Wildman–Crippen LogP) is 7.89. The molecule has 0 aromatic heterocycles. The summed E-state index contributed by atoms with van der Waals surface area (Å²) in [5.41, 5.74) is 5.93. The van der Waals surface area contributed by atoms with E-state index in [0.29, 0.717) is 34.8 Å². The van der Waals surface area contributed by atoms with Crippen LogP contribution in [0.25, 0.3) is 0 Å². The number of ketones is 1. The second kappa shape index (κ2) is 10.0. The number of anilines is 1. The Morgan fingerprint density at radius 1 is 0.816 bits per heavy atom. The molecule has 4 aromatic rings. The van der Waals surface area contributed by atoms with Crippen LogP contribution in [0.5, 0.6) is 0 Å². The zero-order chi connectivity index (χ0) is 26.2. The summed E-state index contributed by atoms with van der Waals surface area (Å²) >= 11 is 6.13. The van der Waals surface area contributed by atoms with Crippen molar-refractivity contribution in [2.24, 2.45) is 10.9 Å². The predicted molar refractivity (Wildman–Crippen MR) is 153 cm³/mol. The van der Waals surface area contributed by atoms with Crippen molar-refractivity contribution >= 4 is 40.4 Å². The van der Waals surface area contributed by atoms with Gasteiger partial charge in [-0.1, -0.05) is 83.9 Å². The molecule has 0 N–H and O–H groups in total. The summed E-state index contributed by atoms with van der Waals surface area (Å²) in [5.74, 6) is -0.579. The van der Waals surface area contributed by atoms with E-state index >= 15 is 0 Å². The fourth-order valence-electron chi connectivity index (χ4n) is 5.73. The molecule has 3 atom stereocenters. The van der Waals surface area contributed by atoms with Crippen LogP contribution in [0.4, 0.5) is 11.4 Å². The maximum Gasteiger partial charge on any atom is 0.258 e. The number of para-hydroxylation sites is 2. The molecule has 1 aliphatic carbocycles. The lowest BCUT2D eigenvalue weighted by atomic mass is 9.72. The smallest absolute Gasteiger partial charge is 0.258 e. The molecule has 0 unspecified atom stereocenters. The van der Waals surface area contributed by atoms with Crippen LogP contribution in [0, 0.1) is 12.8 Å². The summed E-state index contributed by atoms with van der Waals surface area (Å²) in [5, 5.41) is 0.670. The van der Waals surface area contributed by atoms with Gasteiger partial charge in [-0.15, -0.1) is 0 Å². The number of hydrogen-bond donors (Lipinski definition) is 0. The van der Waals surface area contributed by atoms with Gasteiger partial charge in [-0.3, -0.25) is 19.5 Å². The van der Waals surface area contributed by atoms with Gasteiger partial charge in [0.2, 0.25) is 0 Å². The van der Waals surface area contributed by atoms with Crippen LogP contribution in [0.1, 0.15) is 51.8 Å². The van der Waals surface area contributed by atoms with Crippen molar-refractivity contribution in [2.45, 2.75) is 31.7 Å². The summed E-state index contributed by atoms with van der Waals surface area (Å²) in [7, 11) is 0. The summed E-state index contributed by atoms with van der Waals surface area (Å²) in [6.45, 7) is 2.04. The fraction of sp³-hybridized carbons (Fsp3) is 0.182. The summed E-state index contributed by atoms with van der Waals surface area (Å²) in [6, 6.07) is 32.3. The Morgan fingerprint density at radius 2 is 1.47 bits per heavy atom. The number of aliphatic imine (C=N–C) groups is 1. The molecule has 1 fully saturated rings. The Labute approximate surface area is 227 Å². The van der Waals surface area contributed by atoms with Gasteiger partial charge in [0.05, 0.1) is 23.3 Å². The summed E-state index contributed by atoms with van der Waals surface area (Å²) in [4.78, 5) is 35.2. The lowest BCUT2D eigenvalue weighted by Crippen LogP contribution is -2.45. The van der Waals surface area contributed by atoms with E-state index in [1.165, 1.54) is 0 Å². The van der Waals surface area contributed by atoms with Crippen molar-refractivity contribution in [2.75, 3.05) is 4.90 Å². The molecule has 38 heavy (non-hydrogen) atoms. The van der Waals surface area contributed by atoms with Crippen LogP contribution >= 0.6 is 11.6 Å². The van der Waals surface area contributed by atoms with Crippen molar-refractivity contribution in [3.63, 3.8) is 0 Å². The van der Waals surface area contributed by atoms with E-state index in [1.807, 2.05) is 110 Å². The maximum atomic E-state index is 14.2. The highest BCUT2D eigenvalue weighted by Gasteiger charge is 2.46. The Bertz CT molecular complexity index is 1530. The Balaban J connectivity index is 1.53. The highest BCUT2D eigenvalue weighted by atomic mass is 35.5. The molecule has 0 saturated heterocycles. The molecule has 2 aliphatic rings. The number of Topliss-reactive ketones (excluding diaryl/α,β-unsaturated/α-hetero) is 1. The van der Waals surface area contributed by atoms with E-state index in [1.54, 1.807) is 4.90 Å². The third kappa shape index (κ3) is 4.46. The molecule has 0 spiro atoms. The molecule has 188 valence electrons. The first-order chi connectivity index (χ1) is 18.5. The van der Waals surface area contributed by atoms with E-state index in [2.05, 4.69) is 0 Å². The van der Waals surface area contributed by atoms with Gasteiger partial charge in [-0.2, -0.15) is 0 Å². The minimum Gasteiger partial charge on any atom is -0.299 e. The van der Waals surface area contributed by atoms with Gasteiger partial charge in [-0.25, -0.2) is 0 Å². The topological polar surface area (TPSA) is 49.7 Å². The fourth-order valence-corrected chi connectivity index (χ4v) is 5.85. The van der Waals surface area contributed by atoms with E-state index in [9.17, 15) is 9.59 Å². The molecule has 4 aromatic carbocycles. The molecule has 6 rings (SSSR count). The van der Waals surface area contributed by atoms with Gasteiger partial charge < -0.3 is 0 Å². The number of halogens is 1. The lowest BCUT2D eigenvalue weighted by molar-refractivity contribution is -0.122. The second-order valence-corrected chi connectivity index (χ2v) is 10.5. The first kappa shape index (κ1) is 24.3. The van der Waals surface area contributed by atoms with Gasteiger partial charge in [0.15, 0.2) is 0 Å². The zero-order valence-corrected chi connectivity index (χ0v) is 21.8. The SMILES string of the molecule is Cc1ccc([C@H]2[C@@H]3C(=O)C[C@@H](c4ccc(Cl)cc4)CC3=Nc3ccccc3N2C(=O)c2ccccc2)cc1. The first-order valence-corrected chi connectivity index (χ1v) is 13.3. The normalized spacial score (nSPS) is 20.7. The van der Waals surface area contributed by atoms with E-state index < -0.39 is 12.0 Å². The molecule has 1 heterocycles.